The van der Waals surface area contributed by atoms with E-state index in [1.807, 2.05) is 0 Å². The Morgan fingerprint density at radius 2 is 2.06 bits per heavy atom. The first-order valence-corrected chi connectivity index (χ1v) is 4.88. The van der Waals surface area contributed by atoms with Crippen molar-refractivity contribution in [1.29, 1.82) is 0 Å². The summed E-state index contributed by atoms with van der Waals surface area (Å²) in [5.41, 5.74) is 5.07. The van der Waals surface area contributed by atoms with Gasteiger partial charge in [0.2, 0.25) is 5.91 Å². The number of halogens is 4. The van der Waals surface area contributed by atoms with Crippen molar-refractivity contribution in [2.24, 2.45) is 5.73 Å². The second-order valence-corrected chi connectivity index (χ2v) is 3.77. The summed E-state index contributed by atoms with van der Waals surface area (Å²) in [6, 6.07) is 3.93. The highest BCUT2D eigenvalue weighted by Gasteiger charge is 2.28. The Labute approximate surface area is 97.5 Å². The molecule has 1 amide bonds. The Bertz CT molecular complexity index is 406. The number of benzene rings is 1. The quantitative estimate of drug-likeness (QED) is 0.932. The molecular formula is C9H7BrF3NO2. The molecule has 1 aromatic carbocycles. The van der Waals surface area contributed by atoms with Crippen molar-refractivity contribution >= 4 is 21.8 Å². The molecule has 0 atom stereocenters. The third kappa shape index (κ3) is 3.73. The van der Waals surface area contributed by atoms with E-state index in [1.165, 1.54) is 12.1 Å². The van der Waals surface area contributed by atoms with Crippen LogP contribution in [0.2, 0.25) is 0 Å². The van der Waals surface area contributed by atoms with Crippen LogP contribution in [0.25, 0.3) is 0 Å². The molecule has 0 saturated carbocycles. The number of hydrogen-bond donors (Lipinski definition) is 1. The van der Waals surface area contributed by atoms with Gasteiger partial charge in [-0.15, -0.1) is 0 Å². The zero-order valence-corrected chi connectivity index (χ0v) is 9.43. The number of rotatable bonds is 3. The summed E-state index contributed by atoms with van der Waals surface area (Å²) in [7, 11) is 0. The zero-order valence-electron chi connectivity index (χ0n) is 7.84. The number of ether oxygens (including phenoxy) is 1. The van der Waals surface area contributed by atoms with E-state index in [2.05, 4.69) is 20.7 Å². The predicted octanol–water partition coefficient (Wildman–Crippen LogP) is 2.49. The molecule has 0 aliphatic rings. The maximum absolute atomic E-state index is 11.9. The Morgan fingerprint density at radius 3 is 2.56 bits per heavy atom. The van der Waals surface area contributed by atoms with E-state index in [9.17, 15) is 18.0 Å². The molecular weight excluding hydrogens is 291 g/mol. The molecule has 88 valence electrons. The number of amides is 1. The van der Waals surface area contributed by atoms with Crippen LogP contribution in [0.5, 0.6) is 5.75 Å². The summed E-state index contributed by atoms with van der Waals surface area (Å²) in [6.45, 7) is -1.42. The van der Waals surface area contributed by atoms with Crippen molar-refractivity contribution < 1.29 is 22.7 Å². The third-order valence-electron chi connectivity index (χ3n) is 1.61. The highest BCUT2D eigenvalue weighted by molar-refractivity contribution is 9.10. The first-order chi connectivity index (χ1) is 7.29. The van der Waals surface area contributed by atoms with E-state index in [0.29, 0.717) is 4.47 Å². The monoisotopic (exact) mass is 297 g/mol. The van der Waals surface area contributed by atoms with Gasteiger partial charge in [0, 0.05) is 5.56 Å². The predicted molar refractivity (Wildman–Crippen MR) is 54.2 cm³/mol. The van der Waals surface area contributed by atoms with Gasteiger partial charge in [0.15, 0.2) is 6.61 Å². The fraction of sp³-hybridized carbons (Fsp3) is 0.222. The number of nitrogens with two attached hydrogens (primary N) is 1. The molecule has 0 bridgehead atoms. The van der Waals surface area contributed by atoms with Crippen LogP contribution in [0.3, 0.4) is 0 Å². The zero-order chi connectivity index (χ0) is 12.3. The van der Waals surface area contributed by atoms with E-state index >= 15 is 0 Å². The number of hydrogen-bond acceptors (Lipinski definition) is 2. The Balaban J connectivity index is 2.86. The molecule has 0 radical (unpaired) electrons. The van der Waals surface area contributed by atoms with Crippen LogP contribution in [0.4, 0.5) is 13.2 Å². The van der Waals surface area contributed by atoms with Gasteiger partial charge in [0.1, 0.15) is 5.75 Å². The van der Waals surface area contributed by atoms with Crippen LogP contribution >= 0.6 is 15.9 Å². The fourth-order valence-corrected chi connectivity index (χ4v) is 1.29. The molecule has 0 aromatic heterocycles. The van der Waals surface area contributed by atoms with Gasteiger partial charge in [-0.2, -0.15) is 13.2 Å². The second-order valence-electron chi connectivity index (χ2n) is 2.91. The molecule has 0 heterocycles. The maximum Gasteiger partial charge on any atom is 0.422 e. The van der Waals surface area contributed by atoms with Gasteiger partial charge in [-0.1, -0.05) is 0 Å². The first-order valence-electron chi connectivity index (χ1n) is 4.08. The maximum atomic E-state index is 11.9. The highest BCUT2D eigenvalue weighted by Crippen LogP contribution is 2.27. The minimum Gasteiger partial charge on any atom is -0.483 e. The largest absolute Gasteiger partial charge is 0.483 e. The van der Waals surface area contributed by atoms with Gasteiger partial charge in [-0.25, -0.2) is 0 Å². The molecule has 3 nitrogen and oxygen atoms in total. The van der Waals surface area contributed by atoms with Crippen molar-refractivity contribution in [2.75, 3.05) is 6.61 Å². The molecule has 0 unspecified atom stereocenters. The van der Waals surface area contributed by atoms with Crippen molar-refractivity contribution in [1.82, 2.24) is 0 Å². The number of alkyl halides is 3. The molecule has 7 heteroatoms. The summed E-state index contributed by atoms with van der Waals surface area (Å²) in [5.74, 6) is -0.807. The van der Waals surface area contributed by atoms with E-state index in [0.717, 1.165) is 6.07 Å². The molecule has 0 fully saturated rings. The molecule has 16 heavy (non-hydrogen) atoms. The van der Waals surface area contributed by atoms with Crippen molar-refractivity contribution in [3.63, 3.8) is 0 Å². The number of primary amides is 1. The van der Waals surface area contributed by atoms with E-state index in [4.69, 9.17) is 5.73 Å². The molecule has 1 rings (SSSR count). The van der Waals surface area contributed by atoms with Gasteiger partial charge in [0.05, 0.1) is 4.47 Å². The summed E-state index contributed by atoms with van der Waals surface area (Å²) in [4.78, 5) is 10.8. The first kappa shape index (κ1) is 12.8. The van der Waals surface area contributed by atoms with Crippen molar-refractivity contribution in [3.8, 4) is 5.75 Å². The lowest BCUT2D eigenvalue weighted by Crippen LogP contribution is -2.19. The van der Waals surface area contributed by atoms with Gasteiger partial charge < -0.3 is 10.5 Å². The lowest BCUT2D eigenvalue weighted by Gasteiger charge is -2.11. The lowest BCUT2D eigenvalue weighted by molar-refractivity contribution is -0.153. The minimum atomic E-state index is -4.43. The van der Waals surface area contributed by atoms with Crippen LogP contribution < -0.4 is 10.5 Å². The molecule has 0 spiro atoms. The average molecular weight is 298 g/mol. The topological polar surface area (TPSA) is 52.3 Å². The third-order valence-corrected chi connectivity index (χ3v) is 2.26. The van der Waals surface area contributed by atoms with Crippen LogP contribution in [-0.4, -0.2) is 18.7 Å². The van der Waals surface area contributed by atoms with Crippen LogP contribution in [0, 0.1) is 0 Å². The summed E-state index contributed by atoms with van der Waals surface area (Å²) in [5, 5.41) is 0. The van der Waals surface area contributed by atoms with Crippen molar-refractivity contribution in [3.05, 3.63) is 28.2 Å². The van der Waals surface area contributed by atoms with Crippen LogP contribution in [0.15, 0.2) is 22.7 Å². The molecule has 0 aliphatic heterocycles. The van der Waals surface area contributed by atoms with Crippen LogP contribution in [0.1, 0.15) is 10.4 Å². The van der Waals surface area contributed by atoms with E-state index < -0.39 is 18.7 Å². The van der Waals surface area contributed by atoms with Gasteiger partial charge in [-0.3, -0.25) is 4.79 Å². The normalized spacial score (nSPS) is 11.2. The summed E-state index contributed by atoms with van der Waals surface area (Å²) < 4.78 is 40.5. The Kier molecular flexibility index (Phi) is 3.79. The highest BCUT2D eigenvalue weighted by atomic mass is 79.9. The summed E-state index contributed by atoms with van der Waals surface area (Å²) in [6.07, 6.45) is -4.43. The fourth-order valence-electron chi connectivity index (χ4n) is 0.927. The summed E-state index contributed by atoms with van der Waals surface area (Å²) >= 11 is 3.00. The SMILES string of the molecule is NC(=O)c1ccc(Br)c(OCC(F)(F)F)c1. The van der Waals surface area contributed by atoms with Gasteiger partial charge >= 0.3 is 6.18 Å². The van der Waals surface area contributed by atoms with Crippen LogP contribution in [-0.2, 0) is 0 Å². The molecule has 2 N–H and O–H groups in total. The minimum absolute atomic E-state index is 0.0753. The second kappa shape index (κ2) is 4.73. The number of carbonyl (C=O) groups is 1. The van der Waals surface area contributed by atoms with E-state index in [1.54, 1.807) is 0 Å². The van der Waals surface area contributed by atoms with E-state index in [-0.39, 0.29) is 11.3 Å². The number of carbonyl (C=O) groups excluding carboxylic acids is 1. The molecule has 1 aromatic rings. The Hall–Kier alpha value is -1.24. The molecule has 0 aliphatic carbocycles. The average Bonchev–Trinajstić information content (AvgIpc) is 2.14. The lowest BCUT2D eigenvalue weighted by atomic mass is 10.2. The van der Waals surface area contributed by atoms with Gasteiger partial charge in [-0.05, 0) is 34.1 Å². The standard InChI is InChI=1S/C9H7BrF3NO2/c10-6-2-1-5(8(14)15)3-7(6)16-4-9(11,12)13/h1-3H,4H2,(H2,14,15). The van der Waals surface area contributed by atoms with Gasteiger partial charge in [0.25, 0.3) is 0 Å². The Morgan fingerprint density at radius 1 is 1.44 bits per heavy atom. The van der Waals surface area contributed by atoms with Crippen molar-refractivity contribution in [2.45, 2.75) is 6.18 Å². The molecule has 0 saturated heterocycles. The smallest absolute Gasteiger partial charge is 0.422 e.